The fraction of sp³-hybridized carbons (Fsp3) is 0.240. The standard InChI is InChI=1S/C25H26N6/c1-3-30(4-2)10-11-31-17-20(15-28-31)18-7-8-23-21(12-18)22-13-24(27-16-25(22)29-23)19-6-5-9-26-14-19/h5-9,12-17,29H,3-4,10-11H2,1-2H3. The highest BCUT2D eigenvalue weighted by Gasteiger charge is 2.10. The molecule has 0 atom stereocenters. The van der Waals surface area contributed by atoms with E-state index >= 15 is 0 Å². The summed E-state index contributed by atoms with van der Waals surface area (Å²) in [5.41, 5.74) is 6.40. The average molecular weight is 411 g/mol. The smallest absolute Gasteiger partial charge is 0.0725 e. The Balaban J connectivity index is 1.49. The molecule has 4 aromatic heterocycles. The lowest BCUT2D eigenvalue weighted by Gasteiger charge is -2.17. The second-order valence-electron chi connectivity index (χ2n) is 7.76. The molecule has 1 aromatic carbocycles. The lowest BCUT2D eigenvalue weighted by atomic mass is 10.0. The molecule has 0 bridgehead atoms. The van der Waals surface area contributed by atoms with Gasteiger partial charge in [0.2, 0.25) is 0 Å². The van der Waals surface area contributed by atoms with Gasteiger partial charge in [-0.3, -0.25) is 14.6 Å². The molecule has 31 heavy (non-hydrogen) atoms. The Morgan fingerprint density at radius 2 is 1.77 bits per heavy atom. The molecule has 4 heterocycles. The van der Waals surface area contributed by atoms with E-state index in [4.69, 9.17) is 0 Å². The lowest BCUT2D eigenvalue weighted by Crippen LogP contribution is -2.27. The first-order chi connectivity index (χ1) is 15.2. The van der Waals surface area contributed by atoms with Crippen molar-refractivity contribution in [2.24, 2.45) is 0 Å². The Morgan fingerprint density at radius 3 is 2.58 bits per heavy atom. The van der Waals surface area contributed by atoms with Gasteiger partial charge in [-0.25, -0.2) is 0 Å². The summed E-state index contributed by atoms with van der Waals surface area (Å²) in [6, 6.07) is 12.6. The van der Waals surface area contributed by atoms with E-state index < -0.39 is 0 Å². The van der Waals surface area contributed by atoms with Gasteiger partial charge in [-0.15, -0.1) is 0 Å². The van der Waals surface area contributed by atoms with Gasteiger partial charge in [0.1, 0.15) is 0 Å². The SMILES string of the molecule is CCN(CC)CCn1cc(-c2ccc3[nH]c4cnc(-c5cccnc5)cc4c3c2)cn1. The van der Waals surface area contributed by atoms with Crippen molar-refractivity contribution >= 4 is 21.8 Å². The third kappa shape index (κ3) is 3.82. The predicted molar refractivity (Wildman–Crippen MR) is 126 cm³/mol. The summed E-state index contributed by atoms with van der Waals surface area (Å²) in [5, 5.41) is 6.94. The molecule has 0 aliphatic rings. The summed E-state index contributed by atoms with van der Waals surface area (Å²) in [4.78, 5) is 14.7. The van der Waals surface area contributed by atoms with E-state index in [1.54, 1.807) is 6.20 Å². The molecule has 0 saturated carbocycles. The molecule has 0 fully saturated rings. The van der Waals surface area contributed by atoms with E-state index in [0.29, 0.717) is 0 Å². The first-order valence-corrected chi connectivity index (χ1v) is 10.8. The number of hydrogen-bond acceptors (Lipinski definition) is 4. The average Bonchev–Trinajstić information content (AvgIpc) is 3.44. The largest absolute Gasteiger partial charge is 0.353 e. The topological polar surface area (TPSA) is 62.6 Å². The van der Waals surface area contributed by atoms with Crippen LogP contribution < -0.4 is 0 Å². The van der Waals surface area contributed by atoms with Crippen LogP contribution in [-0.2, 0) is 6.54 Å². The maximum atomic E-state index is 4.62. The number of benzene rings is 1. The summed E-state index contributed by atoms with van der Waals surface area (Å²) in [6.45, 7) is 8.44. The molecule has 0 unspecified atom stereocenters. The zero-order valence-corrected chi connectivity index (χ0v) is 17.9. The van der Waals surface area contributed by atoms with Gasteiger partial charge in [-0.1, -0.05) is 19.9 Å². The number of rotatable bonds is 7. The van der Waals surface area contributed by atoms with Crippen LogP contribution in [0.2, 0.25) is 0 Å². The molecule has 6 nitrogen and oxygen atoms in total. The number of nitrogens with zero attached hydrogens (tertiary/aromatic N) is 5. The number of fused-ring (bicyclic) bond motifs is 3. The number of H-pyrrole nitrogens is 1. The molecule has 6 heteroatoms. The van der Waals surface area contributed by atoms with E-state index in [1.165, 1.54) is 16.3 Å². The van der Waals surface area contributed by atoms with E-state index in [9.17, 15) is 0 Å². The number of nitrogens with one attached hydrogen (secondary N) is 1. The van der Waals surface area contributed by atoms with Crippen LogP contribution in [0.1, 0.15) is 13.8 Å². The maximum absolute atomic E-state index is 4.62. The Hall–Kier alpha value is -3.51. The molecule has 0 spiro atoms. The van der Waals surface area contributed by atoms with E-state index in [1.807, 2.05) is 35.4 Å². The Kier molecular flexibility index (Phi) is 5.22. The minimum absolute atomic E-state index is 0.900. The van der Waals surface area contributed by atoms with Gasteiger partial charge in [0.15, 0.2) is 0 Å². The van der Waals surface area contributed by atoms with E-state index in [-0.39, 0.29) is 0 Å². The van der Waals surface area contributed by atoms with Crippen LogP contribution in [0.4, 0.5) is 0 Å². The fourth-order valence-corrected chi connectivity index (χ4v) is 4.07. The minimum Gasteiger partial charge on any atom is -0.353 e. The molecule has 0 saturated heterocycles. The van der Waals surface area contributed by atoms with Crippen molar-refractivity contribution in [1.29, 1.82) is 0 Å². The van der Waals surface area contributed by atoms with Crippen molar-refractivity contribution < 1.29 is 0 Å². The van der Waals surface area contributed by atoms with Crippen molar-refractivity contribution in [2.75, 3.05) is 19.6 Å². The van der Waals surface area contributed by atoms with Crippen LogP contribution in [0.3, 0.4) is 0 Å². The molecule has 0 amide bonds. The molecule has 156 valence electrons. The van der Waals surface area contributed by atoms with Crippen LogP contribution in [-0.4, -0.2) is 49.3 Å². The normalized spacial score (nSPS) is 11.7. The van der Waals surface area contributed by atoms with Gasteiger partial charge in [0, 0.05) is 52.6 Å². The van der Waals surface area contributed by atoms with Gasteiger partial charge >= 0.3 is 0 Å². The third-order valence-corrected chi connectivity index (χ3v) is 5.95. The Labute approximate surface area is 181 Å². The van der Waals surface area contributed by atoms with Crippen molar-refractivity contribution in [3.63, 3.8) is 0 Å². The number of aromatic amines is 1. The van der Waals surface area contributed by atoms with E-state index in [0.717, 1.165) is 54.0 Å². The van der Waals surface area contributed by atoms with Gasteiger partial charge in [-0.2, -0.15) is 5.10 Å². The minimum atomic E-state index is 0.900. The van der Waals surface area contributed by atoms with Crippen molar-refractivity contribution in [1.82, 2.24) is 29.6 Å². The van der Waals surface area contributed by atoms with Crippen LogP contribution in [0.5, 0.6) is 0 Å². The highest BCUT2D eigenvalue weighted by atomic mass is 15.3. The van der Waals surface area contributed by atoms with Crippen molar-refractivity contribution in [3.05, 3.63) is 67.4 Å². The highest BCUT2D eigenvalue weighted by molar-refractivity contribution is 6.09. The predicted octanol–water partition coefficient (Wildman–Crippen LogP) is 4.98. The molecule has 5 rings (SSSR count). The number of pyridine rings is 2. The van der Waals surface area contributed by atoms with Crippen molar-refractivity contribution in [3.8, 4) is 22.4 Å². The second kappa shape index (κ2) is 8.32. The number of likely N-dealkylation sites (N-methyl/N-ethyl adjacent to an activating group) is 1. The molecule has 0 radical (unpaired) electrons. The molecule has 0 aliphatic carbocycles. The summed E-state index contributed by atoms with van der Waals surface area (Å²) in [7, 11) is 0. The Bertz CT molecular complexity index is 1310. The summed E-state index contributed by atoms with van der Waals surface area (Å²) in [6.07, 6.45) is 9.63. The van der Waals surface area contributed by atoms with Gasteiger partial charge in [-0.05, 0) is 49.0 Å². The lowest BCUT2D eigenvalue weighted by molar-refractivity contribution is 0.285. The molecule has 0 aliphatic heterocycles. The molecule has 5 aromatic rings. The van der Waals surface area contributed by atoms with Crippen molar-refractivity contribution in [2.45, 2.75) is 20.4 Å². The number of hydrogen-bond donors (Lipinski definition) is 1. The number of aromatic nitrogens is 5. The molecular weight excluding hydrogens is 384 g/mol. The van der Waals surface area contributed by atoms with Crippen LogP contribution in [0.15, 0.2) is 67.4 Å². The third-order valence-electron chi connectivity index (χ3n) is 5.95. The summed E-state index contributed by atoms with van der Waals surface area (Å²) in [5.74, 6) is 0. The van der Waals surface area contributed by atoms with E-state index in [2.05, 4.69) is 69.3 Å². The monoisotopic (exact) mass is 410 g/mol. The first kappa shape index (κ1) is 19.5. The van der Waals surface area contributed by atoms with Gasteiger partial charge < -0.3 is 9.88 Å². The second-order valence-corrected chi connectivity index (χ2v) is 7.76. The first-order valence-electron chi connectivity index (χ1n) is 10.8. The molecule has 1 N–H and O–H groups in total. The summed E-state index contributed by atoms with van der Waals surface area (Å²) < 4.78 is 2.04. The highest BCUT2D eigenvalue weighted by Crippen LogP contribution is 2.31. The van der Waals surface area contributed by atoms with Gasteiger partial charge in [0.25, 0.3) is 0 Å². The zero-order valence-electron chi connectivity index (χ0n) is 17.9. The quantitative estimate of drug-likeness (QED) is 0.411. The fourth-order valence-electron chi connectivity index (χ4n) is 4.07. The molecular formula is C25H26N6. The van der Waals surface area contributed by atoms with Crippen LogP contribution >= 0.6 is 0 Å². The zero-order chi connectivity index (χ0) is 21.2. The Morgan fingerprint density at radius 1 is 0.903 bits per heavy atom. The maximum Gasteiger partial charge on any atom is 0.0725 e. The van der Waals surface area contributed by atoms with Gasteiger partial charge in [0.05, 0.1) is 30.1 Å². The van der Waals surface area contributed by atoms with Crippen LogP contribution in [0, 0.1) is 0 Å². The van der Waals surface area contributed by atoms with Crippen LogP contribution in [0.25, 0.3) is 44.2 Å². The summed E-state index contributed by atoms with van der Waals surface area (Å²) >= 11 is 0.